The summed E-state index contributed by atoms with van der Waals surface area (Å²) < 4.78 is 1.92. The summed E-state index contributed by atoms with van der Waals surface area (Å²) in [6, 6.07) is 4.97. The van der Waals surface area contributed by atoms with Crippen LogP contribution in [0.25, 0.3) is 11.4 Å². The number of hydrogen-bond acceptors (Lipinski definition) is 4. The normalized spacial score (nSPS) is 10.9. The molecule has 0 aliphatic heterocycles. The van der Waals surface area contributed by atoms with E-state index in [1.54, 1.807) is 12.4 Å². The third-order valence-corrected chi connectivity index (χ3v) is 2.71. The van der Waals surface area contributed by atoms with E-state index in [0.717, 1.165) is 17.7 Å². The molecule has 0 spiro atoms. The lowest BCUT2D eigenvalue weighted by Gasteiger charge is -2.09. The summed E-state index contributed by atoms with van der Waals surface area (Å²) in [6.07, 6.45) is 1.66. The molecule has 6 nitrogen and oxygen atoms in total. The molecule has 0 atom stereocenters. The maximum absolute atomic E-state index is 10.9. The molecule has 19 heavy (non-hydrogen) atoms. The van der Waals surface area contributed by atoms with Gasteiger partial charge in [-0.15, -0.1) is 10.2 Å². The lowest BCUT2D eigenvalue weighted by molar-refractivity contribution is -0.384. The van der Waals surface area contributed by atoms with E-state index in [-0.39, 0.29) is 10.6 Å². The summed E-state index contributed by atoms with van der Waals surface area (Å²) >= 11 is 0. The highest BCUT2D eigenvalue weighted by molar-refractivity contribution is 5.61. The number of aromatic nitrogens is 3. The monoisotopic (exact) mass is 260 g/mol. The minimum absolute atomic E-state index is 0.0779. The molecule has 0 saturated carbocycles. The molecular formula is C13H16N4O2. The number of nitro benzene ring substituents is 1. The van der Waals surface area contributed by atoms with Gasteiger partial charge >= 0.3 is 0 Å². The maximum atomic E-state index is 10.9. The molecule has 2 rings (SSSR count). The van der Waals surface area contributed by atoms with Gasteiger partial charge in [-0.3, -0.25) is 10.1 Å². The highest BCUT2D eigenvalue weighted by atomic mass is 16.6. The van der Waals surface area contributed by atoms with Crippen LogP contribution in [-0.2, 0) is 6.54 Å². The zero-order valence-corrected chi connectivity index (χ0v) is 11.2. The SMILES string of the molecule is Cc1cc(-c2nncn2CC(C)C)cc([N+](=O)[O-])c1. The quantitative estimate of drug-likeness (QED) is 0.625. The minimum atomic E-state index is -0.389. The first kappa shape index (κ1) is 13.2. The summed E-state index contributed by atoms with van der Waals surface area (Å²) in [5.74, 6) is 1.12. The third-order valence-electron chi connectivity index (χ3n) is 2.71. The highest BCUT2D eigenvalue weighted by Crippen LogP contribution is 2.24. The first-order valence-corrected chi connectivity index (χ1v) is 6.11. The van der Waals surface area contributed by atoms with E-state index in [0.29, 0.717) is 11.7 Å². The fourth-order valence-corrected chi connectivity index (χ4v) is 2.00. The van der Waals surface area contributed by atoms with Crippen LogP contribution in [0.4, 0.5) is 5.69 Å². The van der Waals surface area contributed by atoms with Gasteiger partial charge in [-0.25, -0.2) is 0 Å². The molecule has 1 aromatic heterocycles. The molecule has 2 aromatic rings. The van der Waals surface area contributed by atoms with Gasteiger partial charge in [0.15, 0.2) is 5.82 Å². The van der Waals surface area contributed by atoms with Crippen LogP contribution in [0.5, 0.6) is 0 Å². The van der Waals surface area contributed by atoms with Crippen molar-refractivity contribution in [1.82, 2.24) is 14.8 Å². The molecule has 0 N–H and O–H groups in total. The van der Waals surface area contributed by atoms with Crippen molar-refractivity contribution >= 4 is 5.69 Å². The number of rotatable bonds is 4. The predicted molar refractivity (Wildman–Crippen MR) is 71.7 cm³/mol. The zero-order chi connectivity index (χ0) is 14.0. The van der Waals surface area contributed by atoms with E-state index in [1.165, 1.54) is 6.07 Å². The van der Waals surface area contributed by atoms with Gasteiger partial charge in [0, 0.05) is 24.2 Å². The van der Waals surface area contributed by atoms with Crippen molar-refractivity contribution in [3.8, 4) is 11.4 Å². The van der Waals surface area contributed by atoms with Crippen molar-refractivity contribution in [2.45, 2.75) is 27.3 Å². The first-order chi connectivity index (χ1) is 8.97. The fraction of sp³-hybridized carbons (Fsp3) is 0.385. The molecule has 0 aliphatic carbocycles. The summed E-state index contributed by atoms with van der Waals surface area (Å²) in [6.45, 7) is 6.81. The zero-order valence-electron chi connectivity index (χ0n) is 11.2. The second kappa shape index (κ2) is 5.17. The van der Waals surface area contributed by atoms with Crippen LogP contribution >= 0.6 is 0 Å². The smallest absolute Gasteiger partial charge is 0.270 e. The van der Waals surface area contributed by atoms with Crippen LogP contribution in [0.3, 0.4) is 0 Å². The number of nitro groups is 1. The molecule has 0 bridgehead atoms. The molecule has 0 aliphatic rings. The van der Waals surface area contributed by atoms with E-state index in [2.05, 4.69) is 24.0 Å². The van der Waals surface area contributed by atoms with Crippen LogP contribution in [0.2, 0.25) is 0 Å². The van der Waals surface area contributed by atoms with Crippen molar-refractivity contribution in [2.75, 3.05) is 0 Å². The standard InChI is InChI=1S/C13H16N4O2/c1-9(2)7-16-8-14-15-13(16)11-4-10(3)5-12(6-11)17(18)19/h4-6,8-9H,7H2,1-3H3. The number of benzene rings is 1. The second-order valence-corrected chi connectivity index (χ2v) is 5.02. The maximum Gasteiger partial charge on any atom is 0.270 e. The Kier molecular flexibility index (Phi) is 3.59. The van der Waals surface area contributed by atoms with Gasteiger partial charge in [0.1, 0.15) is 6.33 Å². The Morgan fingerprint density at radius 3 is 2.74 bits per heavy atom. The van der Waals surface area contributed by atoms with Gasteiger partial charge in [0.05, 0.1) is 4.92 Å². The van der Waals surface area contributed by atoms with Gasteiger partial charge in [-0.05, 0) is 24.5 Å². The van der Waals surface area contributed by atoms with Crippen molar-refractivity contribution in [2.24, 2.45) is 5.92 Å². The molecule has 0 radical (unpaired) electrons. The molecule has 0 unspecified atom stereocenters. The predicted octanol–water partition coefficient (Wildman–Crippen LogP) is 2.82. The van der Waals surface area contributed by atoms with Gasteiger partial charge in [0.2, 0.25) is 0 Å². The van der Waals surface area contributed by atoms with Crippen LogP contribution in [0.1, 0.15) is 19.4 Å². The molecule has 0 saturated heterocycles. The van der Waals surface area contributed by atoms with Crippen LogP contribution in [0.15, 0.2) is 24.5 Å². The van der Waals surface area contributed by atoms with Gasteiger partial charge in [-0.1, -0.05) is 13.8 Å². The molecule has 1 heterocycles. The Balaban J connectivity index is 2.47. The second-order valence-electron chi connectivity index (χ2n) is 5.02. The molecular weight excluding hydrogens is 244 g/mol. The Morgan fingerprint density at radius 2 is 2.11 bits per heavy atom. The summed E-state index contributed by atoms with van der Waals surface area (Å²) in [5.41, 5.74) is 1.64. The third kappa shape index (κ3) is 2.96. The molecule has 6 heteroatoms. The molecule has 100 valence electrons. The number of non-ortho nitro benzene ring substituents is 1. The van der Waals surface area contributed by atoms with E-state index >= 15 is 0 Å². The van der Waals surface area contributed by atoms with E-state index in [4.69, 9.17) is 0 Å². The Bertz CT molecular complexity index is 604. The Hall–Kier alpha value is -2.24. The van der Waals surface area contributed by atoms with Crippen LogP contribution < -0.4 is 0 Å². The van der Waals surface area contributed by atoms with Crippen LogP contribution in [-0.4, -0.2) is 19.7 Å². The lowest BCUT2D eigenvalue weighted by Crippen LogP contribution is -2.05. The first-order valence-electron chi connectivity index (χ1n) is 6.11. The number of aryl methyl sites for hydroxylation is 1. The van der Waals surface area contributed by atoms with Crippen molar-refractivity contribution < 1.29 is 4.92 Å². The van der Waals surface area contributed by atoms with Crippen LogP contribution in [0, 0.1) is 23.0 Å². The van der Waals surface area contributed by atoms with Gasteiger partial charge in [0.25, 0.3) is 5.69 Å². The number of nitrogens with zero attached hydrogens (tertiary/aromatic N) is 4. The van der Waals surface area contributed by atoms with E-state index < -0.39 is 0 Å². The summed E-state index contributed by atoms with van der Waals surface area (Å²) in [5, 5.41) is 18.9. The molecule has 0 fully saturated rings. The highest BCUT2D eigenvalue weighted by Gasteiger charge is 2.14. The largest absolute Gasteiger partial charge is 0.313 e. The Labute approximate surface area is 111 Å². The fourth-order valence-electron chi connectivity index (χ4n) is 2.00. The summed E-state index contributed by atoms with van der Waals surface area (Å²) in [4.78, 5) is 10.5. The topological polar surface area (TPSA) is 73.8 Å². The average Bonchev–Trinajstić information content (AvgIpc) is 2.75. The van der Waals surface area contributed by atoms with Crippen molar-refractivity contribution in [1.29, 1.82) is 0 Å². The van der Waals surface area contributed by atoms with Gasteiger partial charge < -0.3 is 4.57 Å². The van der Waals surface area contributed by atoms with E-state index in [9.17, 15) is 10.1 Å². The Morgan fingerprint density at radius 1 is 1.37 bits per heavy atom. The van der Waals surface area contributed by atoms with Crippen molar-refractivity contribution in [3.05, 3.63) is 40.2 Å². The lowest BCUT2D eigenvalue weighted by atomic mass is 10.1. The molecule has 0 amide bonds. The van der Waals surface area contributed by atoms with E-state index in [1.807, 2.05) is 17.6 Å². The van der Waals surface area contributed by atoms with Crippen molar-refractivity contribution in [3.63, 3.8) is 0 Å². The summed E-state index contributed by atoms with van der Waals surface area (Å²) in [7, 11) is 0. The average molecular weight is 260 g/mol. The van der Waals surface area contributed by atoms with Gasteiger partial charge in [-0.2, -0.15) is 0 Å². The minimum Gasteiger partial charge on any atom is -0.313 e. The number of hydrogen-bond donors (Lipinski definition) is 0. The molecule has 1 aromatic carbocycles.